The van der Waals surface area contributed by atoms with Crippen molar-refractivity contribution in [3.63, 3.8) is 0 Å². The van der Waals surface area contributed by atoms with Crippen LogP contribution in [0, 0.1) is 11.3 Å². The second kappa shape index (κ2) is 14.4. The molecular formula is C27H46N6O2. The Bertz CT molecular complexity index is 795. The zero-order valence-electron chi connectivity index (χ0n) is 22.1. The number of carbonyl (C=O) groups excluding carboxylic acids is 1. The summed E-state index contributed by atoms with van der Waals surface area (Å²) in [5, 5.41) is 14.7. The van der Waals surface area contributed by atoms with Crippen molar-refractivity contribution < 1.29 is 9.53 Å². The van der Waals surface area contributed by atoms with Gasteiger partial charge >= 0.3 is 0 Å². The summed E-state index contributed by atoms with van der Waals surface area (Å²) in [6.45, 7) is 11.0. The van der Waals surface area contributed by atoms with Gasteiger partial charge in [0, 0.05) is 64.6 Å². The van der Waals surface area contributed by atoms with E-state index in [2.05, 4.69) is 20.4 Å². The van der Waals surface area contributed by atoms with Crippen molar-refractivity contribution in [3.8, 4) is 0 Å². The van der Waals surface area contributed by atoms with Gasteiger partial charge in [-0.05, 0) is 56.6 Å². The maximum Gasteiger partial charge on any atom is 0.270 e. The van der Waals surface area contributed by atoms with Crippen LogP contribution in [0.5, 0.6) is 0 Å². The highest BCUT2D eigenvalue weighted by Crippen LogP contribution is 2.23. The lowest BCUT2D eigenvalue weighted by Crippen LogP contribution is -2.47. The van der Waals surface area contributed by atoms with E-state index in [1.165, 1.54) is 25.7 Å². The smallest absolute Gasteiger partial charge is 0.270 e. The van der Waals surface area contributed by atoms with E-state index < -0.39 is 0 Å². The van der Waals surface area contributed by atoms with E-state index in [1.807, 2.05) is 26.0 Å². The maximum absolute atomic E-state index is 12.9. The van der Waals surface area contributed by atoms with Gasteiger partial charge < -0.3 is 25.2 Å². The van der Waals surface area contributed by atoms with Crippen molar-refractivity contribution in [2.24, 2.45) is 5.92 Å². The molecule has 1 aromatic rings. The van der Waals surface area contributed by atoms with Gasteiger partial charge in [-0.3, -0.25) is 10.2 Å². The summed E-state index contributed by atoms with van der Waals surface area (Å²) < 4.78 is 5.47. The van der Waals surface area contributed by atoms with Crippen LogP contribution in [-0.2, 0) is 9.53 Å². The number of nitrogens with zero attached hydrogens (tertiary/aromatic N) is 3. The Morgan fingerprint density at radius 1 is 1.03 bits per heavy atom. The zero-order chi connectivity index (χ0) is 25.0. The minimum atomic E-state index is -0.307. The standard InChI is InChI=1S/C25H40N6O2.C2H6/c1-27-24-21(6-7-22(29-24)31-12-4-2-3-5-13-31)23(26)25(32)28-20-8-14-30(15-9-20)18-19-10-16-33-17-11-19;1-2/h6-7,19-20,26H,2-5,8-18H2,1H3,(H,27,29)(H,28,32);1-2H3. The molecule has 196 valence electrons. The molecule has 0 bridgehead atoms. The molecule has 0 aromatic carbocycles. The van der Waals surface area contributed by atoms with Gasteiger partial charge in [-0.15, -0.1) is 0 Å². The summed E-state index contributed by atoms with van der Waals surface area (Å²) in [5.74, 6) is 1.96. The first-order chi connectivity index (χ1) is 17.1. The molecule has 3 N–H and O–H groups in total. The fourth-order valence-corrected chi connectivity index (χ4v) is 5.25. The molecule has 8 heteroatoms. The predicted molar refractivity (Wildman–Crippen MR) is 144 cm³/mol. The van der Waals surface area contributed by atoms with Crippen LogP contribution < -0.4 is 15.5 Å². The van der Waals surface area contributed by atoms with Crippen LogP contribution in [0.3, 0.4) is 0 Å². The molecule has 8 nitrogen and oxygen atoms in total. The second-order valence-corrected chi connectivity index (χ2v) is 9.70. The number of rotatable bonds is 7. The molecule has 1 aromatic heterocycles. The van der Waals surface area contributed by atoms with Crippen LogP contribution in [0.2, 0.25) is 0 Å². The van der Waals surface area contributed by atoms with Crippen molar-refractivity contribution in [1.29, 1.82) is 5.41 Å². The molecule has 0 saturated carbocycles. The summed E-state index contributed by atoms with van der Waals surface area (Å²) in [6, 6.07) is 3.96. The minimum absolute atomic E-state index is 0.0149. The highest BCUT2D eigenvalue weighted by Gasteiger charge is 2.26. The number of carbonyl (C=O) groups is 1. The van der Waals surface area contributed by atoms with E-state index >= 15 is 0 Å². The highest BCUT2D eigenvalue weighted by molar-refractivity contribution is 6.45. The first kappa shape index (κ1) is 27.4. The Hall–Kier alpha value is -2.19. The lowest BCUT2D eigenvalue weighted by Gasteiger charge is -2.35. The van der Waals surface area contributed by atoms with Crippen LogP contribution >= 0.6 is 0 Å². The van der Waals surface area contributed by atoms with Crippen molar-refractivity contribution in [1.82, 2.24) is 15.2 Å². The molecule has 1 amide bonds. The Labute approximate surface area is 211 Å². The second-order valence-electron chi connectivity index (χ2n) is 9.70. The normalized spacial score (nSPS) is 20.4. The lowest BCUT2D eigenvalue weighted by molar-refractivity contribution is -0.115. The number of amides is 1. The van der Waals surface area contributed by atoms with Crippen LogP contribution in [0.15, 0.2) is 12.1 Å². The average Bonchev–Trinajstić information content (AvgIpc) is 3.20. The van der Waals surface area contributed by atoms with Crippen LogP contribution in [0.25, 0.3) is 0 Å². The molecule has 3 saturated heterocycles. The van der Waals surface area contributed by atoms with E-state index in [-0.39, 0.29) is 17.7 Å². The van der Waals surface area contributed by atoms with Gasteiger partial charge in [0.2, 0.25) is 0 Å². The van der Waals surface area contributed by atoms with E-state index in [0.29, 0.717) is 11.4 Å². The largest absolute Gasteiger partial charge is 0.381 e. The number of hydrogen-bond acceptors (Lipinski definition) is 7. The van der Waals surface area contributed by atoms with Crippen LogP contribution in [0.1, 0.15) is 70.8 Å². The molecule has 3 aliphatic heterocycles. The Balaban J connectivity index is 0.00000167. The fraction of sp³-hybridized carbons (Fsp3) is 0.741. The Morgan fingerprint density at radius 2 is 1.69 bits per heavy atom. The third-order valence-electron chi connectivity index (χ3n) is 7.32. The molecule has 3 fully saturated rings. The number of anilines is 2. The lowest BCUT2D eigenvalue weighted by atomic mass is 9.97. The third kappa shape index (κ3) is 7.90. The van der Waals surface area contributed by atoms with Gasteiger partial charge in [0.1, 0.15) is 17.3 Å². The van der Waals surface area contributed by atoms with Gasteiger partial charge in [0.05, 0.1) is 0 Å². The van der Waals surface area contributed by atoms with E-state index in [4.69, 9.17) is 15.1 Å². The number of aromatic nitrogens is 1. The van der Waals surface area contributed by atoms with Gasteiger partial charge in [0.15, 0.2) is 0 Å². The first-order valence-electron chi connectivity index (χ1n) is 13.8. The SMILES string of the molecule is CC.CNc1nc(N2CCCCCC2)ccc1C(=N)C(=O)NC1CCN(CC2CCOCC2)CC1. The Kier molecular flexibility index (Phi) is 11.3. The molecule has 0 aliphatic carbocycles. The number of hydrogen-bond donors (Lipinski definition) is 3. The van der Waals surface area contributed by atoms with E-state index in [9.17, 15) is 4.79 Å². The summed E-state index contributed by atoms with van der Waals surface area (Å²) in [5.41, 5.74) is 0.546. The number of nitrogens with one attached hydrogen (secondary N) is 3. The van der Waals surface area contributed by atoms with E-state index in [0.717, 1.165) is 83.4 Å². The van der Waals surface area contributed by atoms with Crippen molar-refractivity contribution >= 4 is 23.3 Å². The summed E-state index contributed by atoms with van der Waals surface area (Å²) in [4.78, 5) is 22.5. The zero-order valence-corrected chi connectivity index (χ0v) is 22.1. The number of pyridine rings is 1. The quantitative estimate of drug-likeness (QED) is 0.506. The molecule has 0 spiro atoms. The summed E-state index contributed by atoms with van der Waals surface area (Å²) in [7, 11) is 1.80. The highest BCUT2D eigenvalue weighted by atomic mass is 16.5. The average molecular weight is 487 g/mol. The van der Waals surface area contributed by atoms with Gasteiger partial charge in [-0.2, -0.15) is 0 Å². The van der Waals surface area contributed by atoms with Gasteiger partial charge in [-0.1, -0.05) is 26.7 Å². The third-order valence-corrected chi connectivity index (χ3v) is 7.32. The number of likely N-dealkylation sites (tertiary alicyclic amines) is 1. The van der Waals surface area contributed by atoms with Crippen LogP contribution in [0.4, 0.5) is 11.6 Å². The number of ether oxygens (including phenoxy) is 1. The summed E-state index contributed by atoms with van der Waals surface area (Å²) in [6.07, 6.45) is 9.10. The minimum Gasteiger partial charge on any atom is -0.381 e. The molecule has 4 heterocycles. The molecule has 3 aliphatic rings. The fourth-order valence-electron chi connectivity index (χ4n) is 5.25. The topological polar surface area (TPSA) is 93.6 Å². The molecular weight excluding hydrogens is 440 g/mol. The molecule has 0 radical (unpaired) electrons. The van der Waals surface area contributed by atoms with Crippen molar-refractivity contribution in [2.75, 3.05) is 63.2 Å². The van der Waals surface area contributed by atoms with Crippen molar-refractivity contribution in [3.05, 3.63) is 17.7 Å². The molecule has 4 rings (SSSR count). The van der Waals surface area contributed by atoms with Crippen molar-refractivity contribution in [2.45, 2.75) is 71.3 Å². The van der Waals surface area contributed by atoms with Gasteiger partial charge in [-0.25, -0.2) is 4.98 Å². The monoisotopic (exact) mass is 486 g/mol. The maximum atomic E-state index is 12.9. The Morgan fingerprint density at radius 3 is 2.31 bits per heavy atom. The first-order valence-corrected chi connectivity index (χ1v) is 13.8. The molecule has 0 atom stereocenters. The van der Waals surface area contributed by atoms with E-state index in [1.54, 1.807) is 7.05 Å². The summed E-state index contributed by atoms with van der Waals surface area (Å²) >= 11 is 0. The number of piperidine rings is 1. The predicted octanol–water partition coefficient (Wildman–Crippen LogP) is 3.90. The van der Waals surface area contributed by atoms with Crippen LogP contribution in [-0.4, -0.2) is 80.5 Å². The molecule has 35 heavy (non-hydrogen) atoms. The van der Waals surface area contributed by atoms with Gasteiger partial charge in [0.25, 0.3) is 5.91 Å². The molecule has 0 unspecified atom stereocenters.